The number of amides is 2. The van der Waals surface area contributed by atoms with Crippen LogP contribution in [0.2, 0.25) is 0 Å². The molecule has 140 valence electrons. The maximum absolute atomic E-state index is 12.6. The molecule has 0 aliphatic carbocycles. The first-order valence-electron chi connectivity index (χ1n) is 8.72. The summed E-state index contributed by atoms with van der Waals surface area (Å²) in [5.74, 6) is 0.190. The number of hydrogen-bond acceptors (Lipinski definition) is 3. The topological polar surface area (TPSA) is 52.7 Å². The molecule has 0 radical (unpaired) electrons. The zero-order chi connectivity index (χ0) is 17.7. The van der Waals surface area contributed by atoms with Gasteiger partial charge in [0.2, 0.25) is 5.91 Å². The lowest BCUT2D eigenvalue weighted by Gasteiger charge is -2.31. The molecule has 2 rings (SSSR count). The molecule has 6 heteroatoms. The third-order valence-corrected chi connectivity index (χ3v) is 4.67. The predicted molar refractivity (Wildman–Crippen MR) is 103 cm³/mol. The van der Waals surface area contributed by atoms with E-state index in [4.69, 9.17) is 0 Å². The lowest BCUT2D eigenvalue weighted by molar-refractivity contribution is -0.133. The number of piperidine rings is 1. The average molecular weight is 368 g/mol. The molecule has 1 N–H and O–H groups in total. The first-order valence-corrected chi connectivity index (χ1v) is 8.72. The predicted octanol–water partition coefficient (Wildman–Crippen LogP) is 2.55. The average Bonchev–Trinajstić information content (AvgIpc) is 2.61. The molecule has 1 fully saturated rings. The van der Waals surface area contributed by atoms with Gasteiger partial charge in [0, 0.05) is 38.2 Å². The van der Waals surface area contributed by atoms with Crippen LogP contribution in [-0.4, -0.2) is 54.8 Å². The molecule has 1 aliphatic rings. The maximum atomic E-state index is 12.6. The van der Waals surface area contributed by atoms with Gasteiger partial charge in [0.25, 0.3) is 5.91 Å². The van der Waals surface area contributed by atoms with E-state index in [0.717, 1.165) is 31.5 Å². The van der Waals surface area contributed by atoms with Gasteiger partial charge in [-0.15, -0.1) is 12.4 Å². The fourth-order valence-electron chi connectivity index (χ4n) is 3.11. The van der Waals surface area contributed by atoms with Crippen molar-refractivity contribution in [2.75, 3.05) is 27.2 Å². The number of carbonyl (C=O) groups is 2. The summed E-state index contributed by atoms with van der Waals surface area (Å²) in [6, 6.07) is 7.92. The standard InChI is InChI=1S/C19H29N3O2.ClH/c1-14(2)18(23)21(3)13-15-5-7-16(8-6-15)19(24)22(4)17-9-11-20-12-10-17;/h5-8,14,17,20H,9-13H2,1-4H3;1H. The molecule has 0 unspecified atom stereocenters. The Labute approximate surface area is 157 Å². The third-order valence-electron chi connectivity index (χ3n) is 4.67. The summed E-state index contributed by atoms with van der Waals surface area (Å²) in [4.78, 5) is 28.2. The lowest BCUT2D eigenvalue weighted by atomic mass is 10.0. The summed E-state index contributed by atoms with van der Waals surface area (Å²) in [5.41, 5.74) is 1.74. The zero-order valence-corrected chi connectivity index (χ0v) is 16.4. The Balaban J connectivity index is 0.00000312. The van der Waals surface area contributed by atoms with Crippen molar-refractivity contribution >= 4 is 24.2 Å². The van der Waals surface area contributed by atoms with Gasteiger partial charge >= 0.3 is 0 Å². The van der Waals surface area contributed by atoms with Crippen LogP contribution >= 0.6 is 12.4 Å². The second kappa shape index (κ2) is 9.78. The van der Waals surface area contributed by atoms with Crippen molar-refractivity contribution in [3.05, 3.63) is 35.4 Å². The molecule has 25 heavy (non-hydrogen) atoms. The second-order valence-corrected chi connectivity index (χ2v) is 6.94. The Morgan fingerprint density at radius 1 is 1.12 bits per heavy atom. The normalized spacial score (nSPS) is 14.8. The SMILES string of the molecule is CC(C)C(=O)N(C)Cc1ccc(C(=O)N(C)C2CCNCC2)cc1.Cl. The Hall–Kier alpha value is -1.59. The minimum absolute atomic E-state index is 0. The van der Waals surface area contributed by atoms with E-state index in [1.165, 1.54) is 0 Å². The van der Waals surface area contributed by atoms with E-state index < -0.39 is 0 Å². The minimum atomic E-state index is -0.00511. The van der Waals surface area contributed by atoms with Crippen molar-refractivity contribution in [2.24, 2.45) is 5.92 Å². The van der Waals surface area contributed by atoms with Gasteiger partial charge in [0.1, 0.15) is 0 Å². The van der Waals surface area contributed by atoms with Gasteiger partial charge in [-0.1, -0.05) is 26.0 Å². The van der Waals surface area contributed by atoms with Crippen LogP contribution in [0.15, 0.2) is 24.3 Å². The van der Waals surface area contributed by atoms with E-state index in [2.05, 4.69) is 5.32 Å². The molecular weight excluding hydrogens is 338 g/mol. The van der Waals surface area contributed by atoms with Gasteiger partial charge in [-0.25, -0.2) is 0 Å². The van der Waals surface area contributed by atoms with Crippen molar-refractivity contribution in [2.45, 2.75) is 39.3 Å². The number of halogens is 1. The van der Waals surface area contributed by atoms with Crippen molar-refractivity contribution in [3.63, 3.8) is 0 Å². The number of carbonyl (C=O) groups excluding carboxylic acids is 2. The van der Waals surface area contributed by atoms with E-state index in [9.17, 15) is 9.59 Å². The Kier molecular flexibility index (Phi) is 8.39. The number of benzene rings is 1. The molecule has 0 bridgehead atoms. The Morgan fingerprint density at radius 3 is 2.20 bits per heavy atom. The monoisotopic (exact) mass is 367 g/mol. The highest BCUT2D eigenvalue weighted by atomic mass is 35.5. The molecule has 0 spiro atoms. The molecule has 0 saturated carbocycles. The van der Waals surface area contributed by atoms with Crippen LogP contribution < -0.4 is 5.32 Å². The second-order valence-electron chi connectivity index (χ2n) is 6.94. The maximum Gasteiger partial charge on any atom is 0.253 e. The van der Waals surface area contributed by atoms with Gasteiger partial charge < -0.3 is 15.1 Å². The molecule has 1 aromatic carbocycles. The fraction of sp³-hybridized carbons (Fsp3) is 0.579. The number of rotatable bonds is 5. The molecule has 1 aromatic rings. The molecule has 1 aliphatic heterocycles. The summed E-state index contributed by atoms with van der Waals surface area (Å²) in [7, 11) is 3.70. The summed E-state index contributed by atoms with van der Waals surface area (Å²) >= 11 is 0. The van der Waals surface area contributed by atoms with Gasteiger partial charge in [-0.2, -0.15) is 0 Å². The number of hydrogen-bond donors (Lipinski definition) is 1. The van der Waals surface area contributed by atoms with E-state index >= 15 is 0 Å². The number of nitrogens with zero attached hydrogens (tertiary/aromatic N) is 2. The van der Waals surface area contributed by atoms with E-state index in [1.807, 2.05) is 57.1 Å². The van der Waals surface area contributed by atoms with Crippen LogP contribution in [0.3, 0.4) is 0 Å². The van der Waals surface area contributed by atoms with Crippen molar-refractivity contribution in [3.8, 4) is 0 Å². The summed E-state index contributed by atoms with van der Waals surface area (Å²) in [6.07, 6.45) is 2.00. The zero-order valence-electron chi connectivity index (χ0n) is 15.6. The molecule has 0 aromatic heterocycles. The fourth-order valence-corrected chi connectivity index (χ4v) is 3.11. The largest absolute Gasteiger partial charge is 0.341 e. The molecular formula is C19H30ClN3O2. The van der Waals surface area contributed by atoms with Crippen LogP contribution in [0.4, 0.5) is 0 Å². The van der Waals surface area contributed by atoms with Crippen LogP contribution in [0.1, 0.15) is 42.6 Å². The van der Waals surface area contributed by atoms with Gasteiger partial charge in [-0.3, -0.25) is 9.59 Å². The minimum Gasteiger partial charge on any atom is -0.341 e. The quantitative estimate of drug-likeness (QED) is 0.870. The van der Waals surface area contributed by atoms with Crippen LogP contribution in [0.5, 0.6) is 0 Å². The first-order chi connectivity index (χ1) is 11.4. The Bertz CT molecular complexity index is 569. The van der Waals surface area contributed by atoms with Crippen LogP contribution in [-0.2, 0) is 11.3 Å². The van der Waals surface area contributed by atoms with Crippen molar-refractivity contribution < 1.29 is 9.59 Å². The molecule has 1 saturated heterocycles. The van der Waals surface area contributed by atoms with Crippen LogP contribution in [0.25, 0.3) is 0 Å². The van der Waals surface area contributed by atoms with Crippen molar-refractivity contribution in [1.29, 1.82) is 0 Å². The highest BCUT2D eigenvalue weighted by Crippen LogP contribution is 2.15. The van der Waals surface area contributed by atoms with E-state index in [1.54, 1.807) is 4.90 Å². The highest BCUT2D eigenvalue weighted by Gasteiger charge is 2.22. The molecule has 0 atom stereocenters. The van der Waals surface area contributed by atoms with E-state index in [0.29, 0.717) is 18.2 Å². The molecule has 5 nitrogen and oxygen atoms in total. The number of nitrogens with one attached hydrogen (secondary N) is 1. The molecule has 1 heterocycles. The van der Waals surface area contributed by atoms with Crippen molar-refractivity contribution in [1.82, 2.24) is 15.1 Å². The summed E-state index contributed by atoms with van der Waals surface area (Å²) in [5, 5.41) is 3.32. The third kappa shape index (κ3) is 5.72. The highest BCUT2D eigenvalue weighted by molar-refractivity contribution is 5.94. The summed E-state index contributed by atoms with van der Waals surface area (Å²) < 4.78 is 0. The van der Waals surface area contributed by atoms with E-state index in [-0.39, 0.29) is 30.1 Å². The van der Waals surface area contributed by atoms with Gasteiger partial charge in [0.15, 0.2) is 0 Å². The lowest BCUT2D eigenvalue weighted by Crippen LogP contribution is -2.43. The smallest absolute Gasteiger partial charge is 0.253 e. The first kappa shape index (κ1) is 21.5. The summed E-state index contributed by atoms with van der Waals surface area (Å²) in [6.45, 7) is 6.30. The van der Waals surface area contributed by atoms with Gasteiger partial charge in [0.05, 0.1) is 0 Å². The van der Waals surface area contributed by atoms with Crippen LogP contribution in [0, 0.1) is 5.92 Å². The van der Waals surface area contributed by atoms with Gasteiger partial charge in [-0.05, 0) is 43.6 Å². The molecule has 2 amide bonds. The Morgan fingerprint density at radius 2 is 1.68 bits per heavy atom.